The van der Waals surface area contributed by atoms with E-state index in [1.807, 2.05) is 0 Å². The summed E-state index contributed by atoms with van der Waals surface area (Å²) in [5.41, 5.74) is 0. The van der Waals surface area contributed by atoms with Gasteiger partial charge in [-0.3, -0.25) is 0 Å². The van der Waals surface area contributed by atoms with Crippen molar-refractivity contribution in [2.75, 3.05) is 0 Å². The van der Waals surface area contributed by atoms with Gasteiger partial charge in [0.25, 0.3) is 0 Å². The van der Waals surface area contributed by atoms with Crippen LogP contribution in [-0.2, 0) is 16.0 Å². The largest absolute Gasteiger partial charge is 0.452 e. The van der Waals surface area contributed by atoms with Gasteiger partial charge in [0.15, 0.2) is 4.67 Å². The van der Waals surface area contributed by atoms with Crippen molar-refractivity contribution >= 4 is 42.1 Å². The van der Waals surface area contributed by atoms with Gasteiger partial charge >= 0.3 is 10.2 Å². The molecule has 0 fully saturated rings. The van der Waals surface area contributed by atoms with Gasteiger partial charge in [0.1, 0.15) is 11.5 Å². The average Bonchev–Trinajstić information content (AvgIpc) is 2.07. The predicted octanol–water partition coefficient (Wildman–Crippen LogP) is 2.60. The zero-order valence-corrected chi connectivity index (χ0v) is 9.54. The molecule has 0 atom stereocenters. The maximum absolute atomic E-state index is 12.1. The lowest BCUT2D eigenvalue weighted by Crippen LogP contribution is -1.93. The fourth-order valence-electron chi connectivity index (χ4n) is 0.632. The molecule has 0 radical (unpaired) electrons. The molecule has 0 aliphatic carbocycles. The second-order valence-electron chi connectivity index (χ2n) is 2.02. The molecule has 12 heavy (non-hydrogen) atoms. The zero-order valence-electron chi connectivity index (χ0n) is 5.55. The normalized spacial score (nSPS) is 11.9. The highest BCUT2D eigenvalue weighted by atomic mass is 79.9. The molecule has 0 aliphatic rings. The van der Waals surface area contributed by atoms with E-state index in [-0.39, 0.29) is 5.76 Å². The van der Waals surface area contributed by atoms with Crippen LogP contribution in [0.15, 0.2) is 19.6 Å². The Labute approximate surface area is 85.4 Å². The molecule has 1 heterocycles. The summed E-state index contributed by atoms with van der Waals surface area (Å²) >= 11 is 6.06. The van der Waals surface area contributed by atoms with Gasteiger partial charge in [-0.1, -0.05) is 0 Å². The summed E-state index contributed by atoms with van der Waals surface area (Å²) in [6.45, 7) is 0. The maximum atomic E-state index is 12.1. The topological polar surface area (TPSA) is 47.3 Å². The average molecular weight is 322 g/mol. The fraction of sp³-hybridized carbons (Fsp3) is 0.200. The van der Waals surface area contributed by atoms with Gasteiger partial charge in [0.2, 0.25) is 0 Å². The van der Waals surface area contributed by atoms with E-state index in [1.165, 1.54) is 6.07 Å². The van der Waals surface area contributed by atoms with Gasteiger partial charge in [0.05, 0.1) is 4.47 Å². The van der Waals surface area contributed by atoms with E-state index in [0.29, 0.717) is 9.14 Å². The van der Waals surface area contributed by atoms with Crippen LogP contribution >= 0.6 is 31.9 Å². The molecule has 3 nitrogen and oxygen atoms in total. The highest BCUT2D eigenvalue weighted by molar-refractivity contribution is 9.13. The van der Waals surface area contributed by atoms with E-state index >= 15 is 0 Å². The van der Waals surface area contributed by atoms with Crippen molar-refractivity contribution < 1.29 is 16.7 Å². The van der Waals surface area contributed by atoms with Crippen molar-refractivity contribution in [1.29, 1.82) is 0 Å². The van der Waals surface area contributed by atoms with Crippen molar-refractivity contribution in [2.24, 2.45) is 0 Å². The summed E-state index contributed by atoms with van der Waals surface area (Å²) in [4.78, 5) is 0. The lowest BCUT2D eigenvalue weighted by Gasteiger charge is -1.87. The van der Waals surface area contributed by atoms with Crippen molar-refractivity contribution in [3.63, 3.8) is 0 Å². The van der Waals surface area contributed by atoms with Gasteiger partial charge in [-0.15, -0.1) is 3.89 Å². The lowest BCUT2D eigenvalue weighted by molar-refractivity contribution is 0.490. The molecule has 0 saturated carbocycles. The van der Waals surface area contributed by atoms with Crippen molar-refractivity contribution in [3.8, 4) is 0 Å². The SMILES string of the molecule is O=S(=O)(F)Cc1cc(Br)c(Br)o1. The maximum Gasteiger partial charge on any atom is 0.309 e. The van der Waals surface area contributed by atoms with E-state index in [4.69, 9.17) is 4.42 Å². The first-order valence-corrected chi connectivity index (χ1v) is 5.88. The van der Waals surface area contributed by atoms with E-state index in [1.54, 1.807) is 0 Å². The number of hydrogen-bond acceptors (Lipinski definition) is 3. The first-order valence-electron chi connectivity index (χ1n) is 2.74. The third kappa shape index (κ3) is 2.87. The first-order chi connectivity index (χ1) is 5.38. The Hall–Kier alpha value is 0.120. The predicted molar refractivity (Wildman–Crippen MR) is 47.8 cm³/mol. The second kappa shape index (κ2) is 3.47. The summed E-state index contributed by atoms with van der Waals surface area (Å²) < 4.78 is 38.2. The van der Waals surface area contributed by atoms with Crippen LogP contribution in [0.2, 0.25) is 0 Å². The molecule has 0 saturated heterocycles. The van der Waals surface area contributed by atoms with Gasteiger partial charge in [0, 0.05) is 0 Å². The molecule has 0 aliphatic heterocycles. The van der Waals surface area contributed by atoms with E-state index in [9.17, 15) is 12.3 Å². The minimum Gasteiger partial charge on any atom is -0.452 e. The lowest BCUT2D eigenvalue weighted by atomic mass is 10.5. The fourth-order valence-corrected chi connectivity index (χ4v) is 1.77. The Balaban J connectivity index is 2.92. The minimum atomic E-state index is -4.52. The van der Waals surface area contributed by atoms with Crippen LogP contribution in [0, 0.1) is 0 Å². The monoisotopic (exact) mass is 320 g/mol. The number of furan rings is 1. The molecular weight excluding hydrogens is 319 g/mol. The molecule has 0 N–H and O–H groups in total. The number of rotatable bonds is 2. The van der Waals surface area contributed by atoms with Crippen molar-refractivity contribution in [3.05, 3.63) is 21.0 Å². The van der Waals surface area contributed by atoms with Crippen LogP contribution in [0.25, 0.3) is 0 Å². The third-order valence-electron chi connectivity index (χ3n) is 1.01. The molecule has 1 aromatic heterocycles. The molecule has 0 bridgehead atoms. The summed E-state index contributed by atoms with van der Waals surface area (Å²) in [6.07, 6.45) is 0. The standard InChI is InChI=1S/C5H3Br2FO3S/c6-4-1-3(11-5(4)7)2-12(8,9)10/h1H,2H2. The van der Waals surface area contributed by atoms with Gasteiger partial charge in [-0.2, -0.15) is 8.42 Å². The van der Waals surface area contributed by atoms with E-state index < -0.39 is 16.0 Å². The molecule has 0 amide bonds. The van der Waals surface area contributed by atoms with Crippen LogP contribution in [-0.4, -0.2) is 8.42 Å². The molecular formula is C5H3Br2FO3S. The third-order valence-corrected chi connectivity index (χ3v) is 3.35. The van der Waals surface area contributed by atoms with Crippen molar-refractivity contribution in [2.45, 2.75) is 5.75 Å². The Bertz CT molecular complexity index is 364. The summed E-state index contributed by atoms with van der Waals surface area (Å²) in [5, 5.41) is 0. The van der Waals surface area contributed by atoms with Crippen LogP contribution in [0.5, 0.6) is 0 Å². The second-order valence-corrected chi connectivity index (χ2v) is 4.96. The molecule has 1 aromatic rings. The molecule has 0 aromatic carbocycles. The Morgan fingerprint density at radius 1 is 1.50 bits per heavy atom. The molecule has 7 heteroatoms. The summed E-state index contributed by atoms with van der Waals surface area (Å²) in [5.74, 6) is -0.687. The zero-order chi connectivity index (χ0) is 9.35. The van der Waals surface area contributed by atoms with Gasteiger partial charge in [-0.05, 0) is 37.9 Å². The van der Waals surface area contributed by atoms with Crippen LogP contribution in [0.1, 0.15) is 5.76 Å². The van der Waals surface area contributed by atoms with Crippen LogP contribution < -0.4 is 0 Å². The Kier molecular flexibility index (Phi) is 2.95. The highest BCUT2D eigenvalue weighted by Crippen LogP contribution is 2.27. The summed E-state index contributed by atoms with van der Waals surface area (Å²) in [6, 6.07) is 1.39. The van der Waals surface area contributed by atoms with Crippen LogP contribution in [0.3, 0.4) is 0 Å². The van der Waals surface area contributed by atoms with Gasteiger partial charge < -0.3 is 4.42 Å². The van der Waals surface area contributed by atoms with E-state index in [0.717, 1.165) is 0 Å². The number of hydrogen-bond donors (Lipinski definition) is 0. The summed E-state index contributed by atoms with van der Waals surface area (Å²) in [7, 11) is -4.52. The molecule has 0 spiro atoms. The Morgan fingerprint density at radius 3 is 2.42 bits per heavy atom. The smallest absolute Gasteiger partial charge is 0.309 e. The van der Waals surface area contributed by atoms with Gasteiger partial charge in [-0.25, -0.2) is 0 Å². The Morgan fingerprint density at radius 2 is 2.08 bits per heavy atom. The highest BCUT2D eigenvalue weighted by Gasteiger charge is 2.14. The molecule has 1 rings (SSSR count). The molecule has 0 unspecified atom stereocenters. The first kappa shape index (κ1) is 10.2. The number of halogens is 3. The minimum absolute atomic E-state index is 0.0521. The van der Waals surface area contributed by atoms with Crippen LogP contribution in [0.4, 0.5) is 3.89 Å². The van der Waals surface area contributed by atoms with E-state index in [2.05, 4.69) is 31.9 Å². The molecule has 68 valence electrons. The van der Waals surface area contributed by atoms with Crippen molar-refractivity contribution in [1.82, 2.24) is 0 Å². The quantitative estimate of drug-likeness (QED) is 0.787.